The zero-order valence-electron chi connectivity index (χ0n) is 15.0. The fourth-order valence-electron chi connectivity index (χ4n) is 3.30. The number of carbonyl (C=O) groups excluding carboxylic acids is 1. The molecule has 5 nitrogen and oxygen atoms in total. The van der Waals surface area contributed by atoms with Crippen LogP contribution in [-0.4, -0.2) is 36.2 Å². The van der Waals surface area contributed by atoms with Crippen LogP contribution in [0.1, 0.15) is 42.8 Å². The van der Waals surface area contributed by atoms with Crippen LogP contribution < -0.4 is 4.74 Å². The van der Waals surface area contributed by atoms with Gasteiger partial charge >= 0.3 is 0 Å². The van der Waals surface area contributed by atoms with Gasteiger partial charge in [-0.25, -0.2) is 0 Å². The van der Waals surface area contributed by atoms with Gasteiger partial charge in [0.2, 0.25) is 0 Å². The Bertz CT molecular complexity index is 691. The van der Waals surface area contributed by atoms with E-state index in [4.69, 9.17) is 13.9 Å². The molecule has 5 heteroatoms. The maximum atomic E-state index is 13.0. The second-order valence-electron chi connectivity index (χ2n) is 7.01. The first-order chi connectivity index (χ1) is 12.0. The van der Waals surface area contributed by atoms with Crippen molar-refractivity contribution in [2.75, 3.05) is 13.7 Å². The number of hydrogen-bond acceptors (Lipinski definition) is 4. The minimum absolute atomic E-state index is 0.0801. The third-order valence-electron chi connectivity index (χ3n) is 4.62. The average Bonchev–Trinajstić information content (AvgIpc) is 3.13. The molecule has 134 valence electrons. The van der Waals surface area contributed by atoms with Crippen molar-refractivity contribution < 1.29 is 18.7 Å². The molecule has 1 saturated heterocycles. The highest BCUT2D eigenvalue weighted by Gasteiger charge is 2.35. The molecule has 1 atom stereocenters. The van der Waals surface area contributed by atoms with Crippen molar-refractivity contribution in [2.45, 2.75) is 44.9 Å². The minimum atomic E-state index is -0.232. The lowest BCUT2D eigenvalue weighted by Crippen LogP contribution is -2.48. The first-order valence-corrected chi connectivity index (χ1v) is 8.60. The molecule has 0 aliphatic carbocycles. The van der Waals surface area contributed by atoms with Crippen molar-refractivity contribution in [2.24, 2.45) is 0 Å². The molecule has 1 amide bonds. The van der Waals surface area contributed by atoms with Crippen molar-refractivity contribution in [1.29, 1.82) is 0 Å². The summed E-state index contributed by atoms with van der Waals surface area (Å²) in [7, 11) is 1.64. The average molecular weight is 343 g/mol. The van der Waals surface area contributed by atoms with Crippen molar-refractivity contribution in [3.05, 3.63) is 54.0 Å². The maximum absolute atomic E-state index is 13.0. The predicted molar refractivity (Wildman–Crippen MR) is 94.6 cm³/mol. The maximum Gasteiger partial charge on any atom is 0.290 e. The molecule has 2 heterocycles. The second kappa shape index (κ2) is 7.31. The molecule has 2 aromatic rings. The molecular weight excluding hydrogens is 318 g/mol. The quantitative estimate of drug-likeness (QED) is 0.826. The lowest BCUT2D eigenvalue weighted by Gasteiger charge is -2.41. The Kier molecular flexibility index (Phi) is 5.13. The molecule has 1 aromatic carbocycles. The van der Waals surface area contributed by atoms with E-state index in [0.717, 1.165) is 24.2 Å². The van der Waals surface area contributed by atoms with Crippen LogP contribution in [0.2, 0.25) is 0 Å². The molecule has 1 fully saturated rings. The summed E-state index contributed by atoms with van der Waals surface area (Å²) >= 11 is 0. The molecule has 1 aliphatic heterocycles. The van der Waals surface area contributed by atoms with E-state index in [1.807, 2.05) is 29.2 Å². The summed E-state index contributed by atoms with van der Waals surface area (Å²) in [6.45, 7) is 5.33. The number of carbonyl (C=O) groups is 1. The molecule has 3 rings (SSSR count). The van der Waals surface area contributed by atoms with Gasteiger partial charge in [-0.1, -0.05) is 12.1 Å². The van der Waals surface area contributed by atoms with E-state index >= 15 is 0 Å². The Labute approximate surface area is 148 Å². The molecule has 1 aromatic heterocycles. The SMILES string of the molecule is COc1ccc(CN(C(=O)c2ccco2)C2CCOC(C)(C)C2)cc1. The minimum Gasteiger partial charge on any atom is -0.497 e. The van der Waals surface area contributed by atoms with Gasteiger partial charge in [0.25, 0.3) is 5.91 Å². The number of amides is 1. The van der Waals surface area contributed by atoms with E-state index in [9.17, 15) is 4.79 Å². The molecule has 1 unspecified atom stereocenters. The second-order valence-corrected chi connectivity index (χ2v) is 7.01. The van der Waals surface area contributed by atoms with Crippen LogP contribution in [-0.2, 0) is 11.3 Å². The predicted octanol–water partition coefficient (Wildman–Crippen LogP) is 3.89. The van der Waals surface area contributed by atoms with Crippen LogP contribution in [0.5, 0.6) is 5.75 Å². The Morgan fingerprint density at radius 2 is 2.04 bits per heavy atom. The Hall–Kier alpha value is -2.27. The zero-order valence-corrected chi connectivity index (χ0v) is 15.0. The summed E-state index contributed by atoms with van der Waals surface area (Å²) in [5, 5.41) is 0. The van der Waals surface area contributed by atoms with Gasteiger partial charge in [-0.3, -0.25) is 4.79 Å². The van der Waals surface area contributed by atoms with Crippen LogP contribution in [0.4, 0.5) is 0 Å². The highest BCUT2D eigenvalue weighted by Crippen LogP contribution is 2.29. The Balaban J connectivity index is 1.84. The Morgan fingerprint density at radius 3 is 2.64 bits per heavy atom. The summed E-state index contributed by atoms with van der Waals surface area (Å²) in [6.07, 6.45) is 3.16. The topological polar surface area (TPSA) is 51.9 Å². The van der Waals surface area contributed by atoms with Gasteiger partial charge < -0.3 is 18.8 Å². The number of hydrogen-bond donors (Lipinski definition) is 0. The molecule has 25 heavy (non-hydrogen) atoms. The van der Waals surface area contributed by atoms with Gasteiger partial charge in [0, 0.05) is 19.2 Å². The first kappa shape index (κ1) is 17.5. The highest BCUT2D eigenvalue weighted by molar-refractivity contribution is 5.91. The summed E-state index contributed by atoms with van der Waals surface area (Å²) in [5.41, 5.74) is 0.829. The van der Waals surface area contributed by atoms with E-state index in [1.165, 1.54) is 6.26 Å². The number of furan rings is 1. The van der Waals surface area contributed by atoms with E-state index in [1.54, 1.807) is 19.2 Å². The smallest absolute Gasteiger partial charge is 0.290 e. The summed E-state index contributed by atoms with van der Waals surface area (Å²) < 4.78 is 16.4. The van der Waals surface area contributed by atoms with Crippen LogP contribution in [0.15, 0.2) is 47.1 Å². The normalized spacial score (nSPS) is 19.4. The monoisotopic (exact) mass is 343 g/mol. The molecule has 0 saturated carbocycles. The van der Waals surface area contributed by atoms with Gasteiger partial charge in [-0.05, 0) is 56.5 Å². The van der Waals surface area contributed by atoms with Crippen LogP contribution in [0.3, 0.4) is 0 Å². The number of benzene rings is 1. The first-order valence-electron chi connectivity index (χ1n) is 8.60. The van der Waals surface area contributed by atoms with Crippen molar-refractivity contribution >= 4 is 5.91 Å². The molecule has 0 spiro atoms. The summed E-state index contributed by atoms with van der Waals surface area (Å²) in [6, 6.07) is 11.4. The number of methoxy groups -OCH3 is 1. The van der Waals surface area contributed by atoms with Crippen molar-refractivity contribution in [1.82, 2.24) is 4.90 Å². The third-order valence-corrected chi connectivity index (χ3v) is 4.62. The summed E-state index contributed by atoms with van der Waals surface area (Å²) in [4.78, 5) is 14.9. The van der Waals surface area contributed by atoms with E-state index in [0.29, 0.717) is 18.9 Å². The number of ether oxygens (including phenoxy) is 2. The van der Waals surface area contributed by atoms with Crippen LogP contribution in [0.25, 0.3) is 0 Å². The van der Waals surface area contributed by atoms with Crippen molar-refractivity contribution in [3.8, 4) is 5.75 Å². The van der Waals surface area contributed by atoms with Crippen LogP contribution in [0, 0.1) is 0 Å². The molecular formula is C20H25NO4. The lowest BCUT2D eigenvalue weighted by atomic mass is 9.92. The van der Waals surface area contributed by atoms with E-state index in [-0.39, 0.29) is 17.6 Å². The fraction of sp³-hybridized carbons (Fsp3) is 0.450. The van der Waals surface area contributed by atoms with Gasteiger partial charge in [-0.2, -0.15) is 0 Å². The molecule has 0 radical (unpaired) electrons. The van der Waals surface area contributed by atoms with E-state index < -0.39 is 0 Å². The van der Waals surface area contributed by atoms with Gasteiger partial charge in [0.05, 0.1) is 19.0 Å². The zero-order chi connectivity index (χ0) is 17.9. The van der Waals surface area contributed by atoms with E-state index in [2.05, 4.69) is 13.8 Å². The standard InChI is InChI=1S/C20H25NO4/c1-20(2)13-16(10-12-25-20)21(19(22)18-5-4-11-24-18)14-15-6-8-17(23-3)9-7-15/h4-9,11,16H,10,12-14H2,1-3H3. The highest BCUT2D eigenvalue weighted by atomic mass is 16.5. The largest absolute Gasteiger partial charge is 0.497 e. The lowest BCUT2D eigenvalue weighted by molar-refractivity contribution is -0.0795. The van der Waals surface area contributed by atoms with Crippen LogP contribution >= 0.6 is 0 Å². The molecule has 0 N–H and O–H groups in total. The number of rotatable bonds is 5. The molecule has 0 bridgehead atoms. The van der Waals surface area contributed by atoms with Crippen molar-refractivity contribution in [3.63, 3.8) is 0 Å². The third kappa shape index (κ3) is 4.23. The van der Waals surface area contributed by atoms with Gasteiger partial charge in [-0.15, -0.1) is 0 Å². The number of nitrogens with zero attached hydrogens (tertiary/aromatic N) is 1. The summed E-state index contributed by atoms with van der Waals surface area (Å²) in [5.74, 6) is 1.10. The molecule has 1 aliphatic rings. The Morgan fingerprint density at radius 1 is 1.28 bits per heavy atom. The van der Waals surface area contributed by atoms with Gasteiger partial charge in [0.1, 0.15) is 5.75 Å². The van der Waals surface area contributed by atoms with Gasteiger partial charge in [0.15, 0.2) is 5.76 Å². The fourth-order valence-corrected chi connectivity index (χ4v) is 3.30.